The summed E-state index contributed by atoms with van der Waals surface area (Å²) in [5.74, 6) is 0.396. The van der Waals surface area contributed by atoms with Crippen molar-refractivity contribution in [1.82, 2.24) is 5.32 Å². The highest BCUT2D eigenvalue weighted by Crippen LogP contribution is 2.24. The van der Waals surface area contributed by atoms with Gasteiger partial charge in [-0.05, 0) is 71.8 Å². The number of carbonyl (C=O) groups is 3. The molecule has 5 aromatic rings. The second-order valence-corrected chi connectivity index (χ2v) is 11.3. The molecule has 0 aliphatic carbocycles. The van der Waals surface area contributed by atoms with Crippen molar-refractivity contribution in [2.45, 2.75) is 11.5 Å². The molecule has 0 aliphatic rings. The minimum atomic E-state index is -0.503. The Morgan fingerprint density at radius 3 is 2.11 bits per heavy atom. The second kappa shape index (κ2) is 16.5. The third-order valence-corrected chi connectivity index (χ3v) is 7.78. The van der Waals surface area contributed by atoms with Gasteiger partial charge in [0.05, 0.1) is 12.9 Å². The molecule has 8 nitrogen and oxygen atoms in total. The van der Waals surface area contributed by atoms with Gasteiger partial charge in [0.15, 0.2) is 0 Å². The van der Waals surface area contributed by atoms with E-state index in [9.17, 15) is 14.4 Å². The maximum absolute atomic E-state index is 13.5. The van der Waals surface area contributed by atoms with Crippen LogP contribution in [0.3, 0.4) is 0 Å². The molecule has 0 atom stereocenters. The summed E-state index contributed by atoms with van der Waals surface area (Å²) in [6.45, 7) is 0.432. The zero-order valence-electron chi connectivity index (χ0n) is 25.6. The molecule has 0 bridgehead atoms. The number of methoxy groups -OCH3 is 1. The SMILES string of the molecule is COc1cccc(NC(=O)CSc2cccc(NC(=O)/C(=C\c3ccc(OCc4ccccc4)cc3)NC(=O)c3ccccc3)c2)c1. The first-order valence-electron chi connectivity index (χ1n) is 14.8. The number of hydrogen-bond donors (Lipinski definition) is 3. The van der Waals surface area contributed by atoms with Crippen LogP contribution in [0.25, 0.3) is 6.08 Å². The molecule has 236 valence electrons. The monoisotopic (exact) mass is 643 g/mol. The molecule has 0 aromatic heterocycles. The Kier molecular flexibility index (Phi) is 11.4. The van der Waals surface area contributed by atoms with E-state index in [4.69, 9.17) is 9.47 Å². The van der Waals surface area contributed by atoms with Gasteiger partial charge >= 0.3 is 0 Å². The van der Waals surface area contributed by atoms with E-state index < -0.39 is 11.8 Å². The zero-order valence-corrected chi connectivity index (χ0v) is 26.5. The molecule has 47 heavy (non-hydrogen) atoms. The third kappa shape index (κ3) is 10.1. The topological polar surface area (TPSA) is 106 Å². The van der Waals surface area contributed by atoms with Crippen LogP contribution < -0.4 is 25.4 Å². The van der Waals surface area contributed by atoms with Crippen LogP contribution in [-0.2, 0) is 16.2 Å². The fraction of sp³-hybridized carbons (Fsp3) is 0.0789. The first kappa shape index (κ1) is 32.6. The van der Waals surface area contributed by atoms with Crippen LogP contribution in [0.5, 0.6) is 11.5 Å². The molecule has 9 heteroatoms. The summed E-state index contributed by atoms with van der Waals surface area (Å²) in [5, 5.41) is 8.49. The van der Waals surface area contributed by atoms with Crippen molar-refractivity contribution in [1.29, 1.82) is 0 Å². The third-order valence-electron chi connectivity index (χ3n) is 6.78. The number of rotatable bonds is 13. The first-order valence-corrected chi connectivity index (χ1v) is 15.8. The Bertz CT molecular complexity index is 1850. The molecule has 0 spiro atoms. The fourth-order valence-corrected chi connectivity index (χ4v) is 5.17. The number of carbonyl (C=O) groups excluding carboxylic acids is 3. The summed E-state index contributed by atoms with van der Waals surface area (Å²) < 4.78 is 11.1. The number of benzene rings is 5. The molecule has 3 N–H and O–H groups in total. The minimum absolute atomic E-state index is 0.0625. The van der Waals surface area contributed by atoms with Crippen molar-refractivity contribution < 1.29 is 23.9 Å². The summed E-state index contributed by atoms with van der Waals surface area (Å²) in [6.07, 6.45) is 1.61. The van der Waals surface area contributed by atoms with Gasteiger partial charge in [-0.2, -0.15) is 0 Å². The summed E-state index contributed by atoms with van der Waals surface area (Å²) >= 11 is 1.33. The van der Waals surface area contributed by atoms with Gasteiger partial charge in [-0.3, -0.25) is 14.4 Å². The Labute approximate surface area is 277 Å². The average Bonchev–Trinajstić information content (AvgIpc) is 3.11. The van der Waals surface area contributed by atoms with Gasteiger partial charge in [-0.25, -0.2) is 0 Å². The van der Waals surface area contributed by atoms with Crippen molar-refractivity contribution in [2.24, 2.45) is 0 Å². The number of hydrogen-bond acceptors (Lipinski definition) is 6. The Morgan fingerprint density at radius 1 is 0.702 bits per heavy atom. The molecule has 0 unspecified atom stereocenters. The van der Waals surface area contributed by atoms with Crippen molar-refractivity contribution in [3.05, 3.63) is 156 Å². The van der Waals surface area contributed by atoms with E-state index in [1.54, 1.807) is 79.9 Å². The van der Waals surface area contributed by atoms with Crippen molar-refractivity contribution in [3.8, 4) is 11.5 Å². The van der Waals surface area contributed by atoms with Gasteiger partial charge in [-0.1, -0.05) is 72.8 Å². The van der Waals surface area contributed by atoms with Gasteiger partial charge < -0.3 is 25.4 Å². The van der Waals surface area contributed by atoms with E-state index in [2.05, 4.69) is 16.0 Å². The Morgan fingerprint density at radius 2 is 1.38 bits per heavy atom. The lowest BCUT2D eigenvalue weighted by molar-refractivity contribution is -0.114. The van der Waals surface area contributed by atoms with E-state index in [1.807, 2.05) is 66.7 Å². The average molecular weight is 644 g/mol. The lowest BCUT2D eigenvalue weighted by Crippen LogP contribution is -2.30. The lowest BCUT2D eigenvalue weighted by atomic mass is 10.1. The smallest absolute Gasteiger partial charge is 0.272 e. The van der Waals surface area contributed by atoms with E-state index in [1.165, 1.54) is 11.8 Å². The summed E-state index contributed by atoms with van der Waals surface area (Å²) in [5.41, 5.74) is 3.38. The molecule has 5 rings (SSSR count). The number of anilines is 2. The predicted molar refractivity (Wildman–Crippen MR) is 187 cm³/mol. The van der Waals surface area contributed by atoms with Gasteiger partial charge in [0, 0.05) is 27.9 Å². The van der Waals surface area contributed by atoms with Gasteiger partial charge in [0.2, 0.25) is 5.91 Å². The summed E-state index contributed by atoms with van der Waals surface area (Å²) in [4.78, 5) is 39.9. The highest BCUT2D eigenvalue weighted by atomic mass is 32.2. The number of amides is 3. The van der Waals surface area contributed by atoms with E-state index >= 15 is 0 Å². The van der Waals surface area contributed by atoms with Gasteiger partial charge in [0.25, 0.3) is 11.8 Å². The molecule has 3 amide bonds. The van der Waals surface area contributed by atoms with Crippen LogP contribution in [0.15, 0.2) is 144 Å². The Hall–Kier alpha value is -5.80. The molecule has 0 aliphatic heterocycles. The van der Waals surface area contributed by atoms with Gasteiger partial charge in [-0.15, -0.1) is 11.8 Å². The molecule has 0 fully saturated rings. The van der Waals surface area contributed by atoms with Crippen molar-refractivity contribution >= 4 is 46.9 Å². The van der Waals surface area contributed by atoms with Crippen LogP contribution in [0.4, 0.5) is 11.4 Å². The first-order chi connectivity index (χ1) is 22.9. The molecule has 0 heterocycles. The van der Waals surface area contributed by atoms with E-state index in [-0.39, 0.29) is 17.4 Å². The quantitative estimate of drug-likeness (QED) is 0.0912. The summed E-state index contributed by atoms with van der Waals surface area (Å²) in [7, 11) is 1.57. The normalized spacial score (nSPS) is 10.9. The van der Waals surface area contributed by atoms with E-state index in [0.717, 1.165) is 10.5 Å². The predicted octanol–water partition coefficient (Wildman–Crippen LogP) is 7.41. The standard InChI is InChI=1S/C38H33N3O5S/c1-45-33-16-8-14-30(23-33)39-36(42)26-47-34-17-9-15-31(24-34)40-38(44)35(41-37(43)29-12-6-3-7-13-29)22-27-18-20-32(21-19-27)46-25-28-10-4-2-5-11-28/h2-24H,25-26H2,1H3,(H,39,42)(H,40,44)(H,41,43)/b35-22+. The van der Waals surface area contributed by atoms with Crippen LogP contribution in [0, 0.1) is 0 Å². The molecular formula is C38H33N3O5S. The highest BCUT2D eigenvalue weighted by molar-refractivity contribution is 8.00. The molecule has 0 radical (unpaired) electrons. The number of thioether (sulfide) groups is 1. The molecule has 0 saturated carbocycles. The summed E-state index contributed by atoms with van der Waals surface area (Å²) in [6, 6.07) is 40.1. The van der Waals surface area contributed by atoms with Crippen LogP contribution in [0.1, 0.15) is 21.5 Å². The molecular weight excluding hydrogens is 611 g/mol. The van der Waals surface area contributed by atoms with Crippen LogP contribution in [0.2, 0.25) is 0 Å². The van der Waals surface area contributed by atoms with E-state index in [0.29, 0.717) is 40.6 Å². The fourth-order valence-electron chi connectivity index (χ4n) is 4.42. The van der Waals surface area contributed by atoms with Crippen molar-refractivity contribution in [3.63, 3.8) is 0 Å². The van der Waals surface area contributed by atoms with Crippen LogP contribution >= 0.6 is 11.8 Å². The number of nitrogens with one attached hydrogen (secondary N) is 3. The lowest BCUT2D eigenvalue weighted by Gasteiger charge is -2.13. The number of ether oxygens (including phenoxy) is 2. The van der Waals surface area contributed by atoms with Gasteiger partial charge in [0.1, 0.15) is 23.8 Å². The van der Waals surface area contributed by atoms with Crippen LogP contribution in [-0.4, -0.2) is 30.6 Å². The highest BCUT2D eigenvalue weighted by Gasteiger charge is 2.16. The molecule has 0 saturated heterocycles. The second-order valence-electron chi connectivity index (χ2n) is 10.3. The molecule has 5 aromatic carbocycles. The maximum atomic E-state index is 13.5. The Balaban J connectivity index is 1.26. The maximum Gasteiger partial charge on any atom is 0.272 e. The zero-order chi connectivity index (χ0) is 32.8. The van der Waals surface area contributed by atoms with Crippen molar-refractivity contribution in [2.75, 3.05) is 23.5 Å². The minimum Gasteiger partial charge on any atom is -0.497 e. The largest absolute Gasteiger partial charge is 0.497 e.